The Morgan fingerprint density at radius 2 is 1.92 bits per heavy atom. The number of piperidine rings is 1. The van der Waals surface area contributed by atoms with E-state index in [9.17, 15) is 18.0 Å². The molecule has 1 aromatic carbocycles. The third-order valence-corrected chi connectivity index (χ3v) is 5.71. The first-order chi connectivity index (χ1) is 11.3. The van der Waals surface area contributed by atoms with Gasteiger partial charge in [0.25, 0.3) is 0 Å². The SMILES string of the molecule is CC1CCC(C(=O)O)CN1C(=O)CCNS(=O)(=O)c1ccccc1. The van der Waals surface area contributed by atoms with Crippen molar-refractivity contribution in [2.24, 2.45) is 5.92 Å². The van der Waals surface area contributed by atoms with Crippen LogP contribution in [0.5, 0.6) is 0 Å². The average molecular weight is 354 g/mol. The fourth-order valence-corrected chi connectivity index (χ4v) is 3.83. The number of likely N-dealkylation sites (tertiary alicyclic amines) is 1. The predicted octanol–water partition coefficient (Wildman–Crippen LogP) is 1.07. The van der Waals surface area contributed by atoms with E-state index in [2.05, 4.69) is 4.72 Å². The normalized spacial score (nSPS) is 21.5. The first-order valence-electron chi connectivity index (χ1n) is 7.88. The molecule has 0 aromatic heterocycles. The van der Waals surface area contributed by atoms with Crippen LogP contribution in [-0.4, -0.2) is 49.4 Å². The zero-order valence-electron chi connectivity index (χ0n) is 13.5. The quantitative estimate of drug-likeness (QED) is 0.795. The smallest absolute Gasteiger partial charge is 0.308 e. The number of sulfonamides is 1. The van der Waals surface area contributed by atoms with Gasteiger partial charge in [-0.15, -0.1) is 0 Å². The number of aliphatic carboxylic acids is 1. The lowest BCUT2D eigenvalue weighted by Gasteiger charge is -2.36. The maximum absolute atomic E-state index is 12.3. The number of carbonyl (C=O) groups is 2. The maximum Gasteiger partial charge on any atom is 0.308 e. The fourth-order valence-electron chi connectivity index (χ4n) is 2.77. The van der Waals surface area contributed by atoms with Crippen LogP contribution in [0.25, 0.3) is 0 Å². The number of carboxylic acids is 1. The van der Waals surface area contributed by atoms with Gasteiger partial charge in [-0.25, -0.2) is 13.1 Å². The molecule has 1 amide bonds. The summed E-state index contributed by atoms with van der Waals surface area (Å²) in [6, 6.07) is 7.91. The Balaban J connectivity index is 1.89. The lowest BCUT2D eigenvalue weighted by Crippen LogP contribution is -2.48. The van der Waals surface area contributed by atoms with Gasteiger partial charge in [0.15, 0.2) is 0 Å². The summed E-state index contributed by atoms with van der Waals surface area (Å²) in [5, 5.41) is 9.10. The van der Waals surface area contributed by atoms with E-state index in [0.717, 1.165) is 0 Å². The molecule has 1 saturated heterocycles. The molecule has 0 saturated carbocycles. The first-order valence-corrected chi connectivity index (χ1v) is 9.36. The lowest BCUT2D eigenvalue weighted by molar-refractivity contribution is -0.147. The lowest BCUT2D eigenvalue weighted by atomic mass is 9.93. The molecule has 1 aliphatic rings. The van der Waals surface area contributed by atoms with Gasteiger partial charge in [0.1, 0.15) is 0 Å². The summed E-state index contributed by atoms with van der Waals surface area (Å²) in [5.74, 6) is -1.68. The van der Waals surface area contributed by atoms with Crippen molar-refractivity contribution in [2.75, 3.05) is 13.1 Å². The molecule has 1 aliphatic heterocycles. The summed E-state index contributed by atoms with van der Waals surface area (Å²) in [4.78, 5) is 25.1. The molecule has 1 fully saturated rings. The van der Waals surface area contributed by atoms with Crippen LogP contribution >= 0.6 is 0 Å². The fraction of sp³-hybridized carbons (Fsp3) is 0.500. The van der Waals surface area contributed by atoms with Crippen LogP contribution in [0.4, 0.5) is 0 Å². The molecule has 2 rings (SSSR count). The molecular weight excluding hydrogens is 332 g/mol. The molecule has 2 atom stereocenters. The highest BCUT2D eigenvalue weighted by molar-refractivity contribution is 7.89. The van der Waals surface area contributed by atoms with Crippen molar-refractivity contribution < 1.29 is 23.1 Å². The third kappa shape index (κ3) is 4.55. The molecular formula is C16H22N2O5S. The Kier molecular flexibility index (Phi) is 5.95. The number of nitrogens with one attached hydrogen (secondary N) is 1. The van der Waals surface area contributed by atoms with Gasteiger partial charge >= 0.3 is 5.97 Å². The second-order valence-electron chi connectivity index (χ2n) is 5.97. The molecule has 0 aliphatic carbocycles. The molecule has 1 heterocycles. The Morgan fingerprint density at radius 1 is 1.25 bits per heavy atom. The van der Waals surface area contributed by atoms with E-state index in [1.54, 1.807) is 23.1 Å². The van der Waals surface area contributed by atoms with Gasteiger partial charge in [-0.05, 0) is 31.9 Å². The van der Waals surface area contributed by atoms with E-state index in [0.29, 0.717) is 12.8 Å². The molecule has 2 N–H and O–H groups in total. The van der Waals surface area contributed by atoms with E-state index >= 15 is 0 Å². The number of amides is 1. The maximum atomic E-state index is 12.3. The molecule has 8 heteroatoms. The minimum absolute atomic E-state index is 0.00272. The largest absolute Gasteiger partial charge is 0.481 e. The minimum Gasteiger partial charge on any atom is -0.481 e. The van der Waals surface area contributed by atoms with E-state index in [4.69, 9.17) is 5.11 Å². The highest BCUT2D eigenvalue weighted by Crippen LogP contribution is 2.22. The molecule has 132 valence electrons. The minimum atomic E-state index is -3.64. The second kappa shape index (κ2) is 7.76. The topological polar surface area (TPSA) is 104 Å². The van der Waals surface area contributed by atoms with Crippen LogP contribution < -0.4 is 4.72 Å². The number of nitrogens with zero attached hydrogens (tertiary/aromatic N) is 1. The van der Waals surface area contributed by atoms with Crippen LogP contribution in [0.3, 0.4) is 0 Å². The molecule has 2 unspecified atom stereocenters. The standard InChI is InChI=1S/C16H22N2O5S/c1-12-7-8-13(16(20)21)11-18(12)15(19)9-10-17-24(22,23)14-5-3-2-4-6-14/h2-6,12-13,17H,7-11H2,1H3,(H,20,21). The zero-order chi connectivity index (χ0) is 17.7. The van der Waals surface area contributed by atoms with E-state index in [1.165, 1.54) is 12.1 Å². The van der Waals surface area contributed by atoms with Gasteiger partial charge in [0.2, 0.25) is 15.9 Å². The summed E-state index contributed by atoms with van der Waals surface area (Å²) in [6.45, 7) is 2.04. The number of hydrogen-bond acceptors (Lipinski definition) is 4. The summed E-state index contributed by atoms with van der Waals surface area (Å²) in [5.41, 5.74) is 0. The van der Waals surface area contributed by atoms with Crippen molar-refractivity contribution in [3.05, 3.63) is 30.3 Å². The molecule has 0 spiro atoms. The van der Waals surface area contributed by atoms with E-state index < -0.39 is 21.9 Å². The van der Waals surface area contributed by atoms with Crippen LogP contribution in [0.15, 0.2) is 35.2 Å². The molecule has 24 heavy (non-hydrogen) atoms. The van der Waals surface area contributed by atoms with Gasteiger partial charge in [-0.1, -0.05) is 18.2 Å². The Labute approximate surface area is 141 Å². The van der Waals surface area contributed by atoms with Crippen molar-refractivity contribution >= 4 is 21.9 Å². The van der Waals surface area contributed by atoms with Gasteiger partial charge in [-0.2, -0.15) is 0 Å². The summed E-state index contributed by atoms with van der Waals surface area (Å²) >= 11 is 0. The first kappa shape index (κ1) is 18.4. The highest BCUT2D eigenvalue weighted by Gasteiger charge is 2.32. The highest BCUT2D eigenvalue weighted by atomic mass is 32.2. The van der Waals surface area contributed by atoms with Gasteiger partial charge in [0, 0.05) is 25.6 Å². The van der Waals surface area contributed by atoms with Gasteiger partial charge in [-0.3, -0.25) is 9.59 Å². The molecule has 1 aromatic rings. The average Bonchev–Trinajstić information content (AvgIpc) is 2.55. The van der Waals surface area contributed by atoms with Crippen molar-refractivity contribution in [1.29, 1.82) is 0 Å². The molecule has 0 radical (unpaired) electrons. The third-order valence-electron chi connectivity index (χ3n) is 4.24. The van der Waals surface area contributed by atoms with Crippen LogP contribution in [0.1, 0.15) is 26.2 Å². The summed E-state index contributed by atoms with van der Waals surface area (Å²) < 4.78 is 26.6. The summed E-state index contributed by atoms with van der Waals surface area (Å²) in [7, 11) is -3.64. The number of carbonyl (C=O) groups excluding carboxylic acids is 1. The monoisotopic (exact) mass is 354 g/mol. The predicted molar refractivity (Wildman–Crippen MR) is 87.8 cm³/mol. The molecule has 7 nitrogen and oxygen atoms in total. The Morgan fingerprint density at radius 3 is 2.54 bits per heavy atom. The molecule has 0 bridgehead atoms. The summed E-state index contributed by atoms with van der Waals surface area (Å²) in [6.07, 6.45) is 1.20. The van der Waals surface area contributed by atoms with Gasteiger partial charge in [0.05, 0.1) is 10.8 Å². The Hall–Kier alpha value is -1.93. The Bertz CT molecular complexity index is 690. The van der Waals surface area contributed by atoms with Crippen LogP contribution in [0.2, 0.25) is 0 Å². The van der Waals surface area contributed by atoms with Crippen molar-refractivity contribution in [1.82, 2.24) is 9.62 Å². The van der Waals surface area contributed by atoms with Crippen molar-refractivity contribution in [2.45, 2.75) is 37.1 Å². The number of hydrogen-bond donors (Lipinski definition) is 2. The van der Waals surface area contributed by atoms with E-state index in [1.807, 2.05) is 6.92 Å². The van der Waals surface area contributed by atoms with Crippen molar-refractivity contribution in [3.8, 4) is 0 Å². The van der Waals surface area contributed by atoms with Crippen LogP contribution in [0, 0.1) is 5.92 Å². The van der Waals surface area contributed by atoms with Crippen LogP contribution in [-0.2, 0) is 19.6 Å². The van der Waals surface area contributed by atoms with E-state index in [-0.39, 0.29) is 36.4 Å². The zero-order valence-corrected chi connectivity index (χ0v) is 14.3. The van der Waals surface area contributed by atoms with Gasteiger partial charge < -0.3 is 10.0 Å². The van der Waals surface area contributed by atoms with Crippen molar-refractivity contribution in [3.63, 3.8) is 0 Å². The number of benzene rings is 1. The number of carboxylic acid groups (broad SMARTS) is 1. The number of rotatable bonds is 6. The second-order valence-corrected chi connectivity index (χ2v) is 7.74.